The molecule has 0 amide bonds. The largest absolute Gasteiger partial charge is 0.494 e. The average molecular weight is 299 g/mol. The lowest BCUT2D eigenvalue weighted by atomic mass is 10.1. The van der Waals surface area contributed by atoms with Crippen molar-refractivity contribution in [3.63, 3.8) is 0 Å². The Kier molecular flexibility index (Phi) is 4.01. The molecule has 1 N–H and O–H groups in total. The van der Waals surface area contributed by atoms with Gasteiger partial charge in [-0.25, -0.2) is 9.97 Å². The fourth-order valence-corrected chi connectivity index (χ4v) is 2.94. The van der Waals surface area contributed by atoms with Crippen LogP contribution in [-0.4, -0.2) is 23.6 Å². The van der Waals surface area contributed by atoms with Crippen LogP contribution in [0.25, 0.3) is 10.9 Å². The molecule has 4 nitrogen and oxygen atoms in total. The first kappa shape index (κ1) is 13.8. The number of methoxy groups -OCH3 is 1. The molecule has 108 valence electrons. The number of hydrogen-bond acceptors (Lipinski definition) is 5. The molecule has 5 heteroatoms. The second-order valence-electron chi connectivity index (χ2n) is 4.82. The van der Waals surface area contributed by atoms with Crippen LogP contribution in [0.2, 0.25) is 0 Å². The zero-order valence-corrected chi connectivity index (χ0v) is 12.9. The standard InChI is InChI=1S/C16H17N3OS/c1-11-8-14(17-7-6-12-9-21-10-18-12)13-4-3-5-15(20-2)16(13)19-11/h3-5,8-10H,6-7H2,1-2H3,(H,17,19). The molecule has 0 unspecified atom stereocenters. The van der Waals surface area contributed by atoms with Crippen LogP contribution in [0.3, 0.4) is 0 Å². The molecular formula is C16H17N3OS. The van der Waals surface area contributed by atoms with E-state index in [9.17, 15) is 0 Å². The quantitative estimate of drug-likeness (QED) is 0.781. The molecule has 2 aromatic heterocycles. The lowest BCUT2D eigenvalue weighted by Gasteiger charge is -2.12. The Morgan fingerprint density at radius 2 is 2.24 bits per heavy atom. The second-order valence-corrected chi connectivity index (χ2v) is 5.54. The van der Waals surface area contributed by atoms with E-state index in [0.717, 1.165) is 46.7 Å². The van der Waals surface area contributed by atoms with Crippen LogP contribution in [0, 0.1) is 6.92 Å². The number of benzene rings is 1. The Labute approximate surface area is 127 Å². The predicted octanol–water partition coefficient (Wildman–Crippen LogP) is 3.66. The van der Waals surface area contributed by atoms with Gasteiger partial charge in [0.1, 0.15) is 11.3 Å². The normalized spacial score (nSPS) is 10.8. The molecule has 0 aliphatic rings. The number of nitrogens with one attached hydrogen (secondary N) is 1. The van der Waals surface area contributed by atoms with Gasteiger partial charge in [-0.2, -0.15) is 0 Å². The van der Waals surface area contributed by atoms with Gasteiger partial charge in [-0.15, -0.1) is 11.3 Å². The van der Waals surface area contributed by atoms with Crippen LogP contribution in [0.1, 0.15) is 11.4 Å². The van der Waals surface area contributed by atoms with Crippen LogP contribution in [0.4, 0.5) is 5.69 Å². The lowest BCUT2D eigenvalue weighted by Crippen LogP contribution is -2.06. The van der Waals surface area contributed by atoms with Gasteiger partial charge in [0.15, 0.2) is 0 Å². The summed E-state index contributed by atoms with van der Waals surface area (Å²) in [5.41, 5.74) is 5.96. The summed E-state index contributed by atoms with van der Waals surface area (Å²) in [6.45, 7) is 2.84. The third kappa shape index (κ3) is 2.97. The number of anilines is 1. The minimum atomic E-state index is 0.804. The molecule has 0 aliphatic heterocycles. The summed E-state index contributed by atoms with van der Waals surface area (Å²) < 4.78 is 5.40. The van der Waals surface area contributed by atoms with Gasteiger partial charge >= 0.3 is 0 Å². The number of ether oxygens (including phenoxy) is 1. The Bertz CT molecular complexity index is 741. The van der Waals surface area contributed by atoms with Gasteiger partial charge in [-0.05, 0) is 19.1 Å². The Hall–Kier alpha value is -2.14. The van der Waals surface area contributed by atoms with Gasteiger partial charge < -0.3 is 10.1 Å². The fraction of sp³-hybridized carbons (Fsp3) is 0.250. The summed E-state index contributed by atoms with van der Waals surface area (Å²) in [5, 5.41) is 6.65. The maximum Gasteiger partial charge on any atom is 0.145 e. The first-order valence-electron chi connectivity index (χ1n) is 6.83. The van der Waals surface area contributed by atoms with E-state index in [2.05, 4.69) is 32.8 Å². The van der Waals surface area contributed by atoms with Crippen molar-refractivity contribution in [3.05, 3.63) is 46.5 Å². The first-order chi connectivity index (χ1) is 10.3. The topological polar surface area (TPSA) is 47.0 Å². The summed E-state index contributed by atoms with van der Waals surface area (Å²) >= 11 is 1.63. The van der Waals surface area contributed by atoms with Crippen LogP contribution in [-0.2, 0) is 6.42 Å². The Morgan fingerprint density at radius 1 is 1.33 bits per heavy atom. The van der Waals surface area contributed by atoms with Gasteiger partial charge in [0, 0.05) is 35.1 Å². The highest BCUT2D eigenvalue weighted by Crippen LogP contribution is 2.29. The van der Waals surface area contributed by atoms with Gasteiger partial charge in [0.05, 0.1) is 18.3 Å². The maximum absolute atomic E-state index is 5.40. The molecule has 0 spiro atoms. The number of aryl methyl sites for hydroxylation is 1. The highest BCUT2D eigenvalue weighted by atomic mass is 32.1. The Morgan fingerprint density at radius 3 is 3.00 bits per heavy atom. The molecule has 2 heterocycles. The SMILES string of the molecule is COc1cccc2c(NCCc3cscn3)cc(C)nc12. The van der Waals surface area contributed by atoms with E-state index in [1.54, 1.807) is 18.4 Å². The molecule has 0 atom stereocenters. The van der Waals surface area contributed by atoms with Gasteiger partial charge in [0.25, 0.3) is 0 Å². The number of nitrogens with zero attached hydrogens (tertiary/aromatic N) is 2. The van der Waals surface area contributed by atoms with Crippen molar-refractivity contribution in [2.24, 2.45) is 0 Å². The number of thiazole rings is 1. The van der Waals surface area contributed by atoms with Gasteiger partial charge in [-0.1, -0.05) is 12.1 Å². The molecule has 21 heavy (non-hydrogen) atoms. The van der Waals surface area contributed by atoms with Crippen LogP contribution >= 0.6 is 11.3 Å². The molecule has 3 rings (SSSR count). The number of pyridine rings is 1. The monoisotopic (exact) mass is 299 g/mol. The summed E-state index contributed by atoms with van der Waals surface area (Å²) in [6, 6.07) is 8.07. The number of fused-ring (bicyclic) bond motifs is 1. The highest BCUT2D eigenvalue weighted by Gasteiger charge is 2.08. The fourth-order valence-electron chi connectivity index (χ4n) is 2.35. The summed E-state index contributed by atoms with van der Waals surface area (Å²) in [5.74, 6) is 0.804. The molecule has 0 radical (unpaired) electrons. The van der Waals surface area contributed by atoms with Crippen molar-refractivity contribution in [1.29, 1.82) is 0 Å². The van der Waals surface area contributed by atoms with Crippen molar-refractivity contribution < 1.29 is 4.74 Å². The van der Waals surface area contributed by atoms with E-state index in [1.807, 2.05) is 24.6 Å². The Balaban J connectivity index is 1.87. The molecule has 0 aliphatic carbocycles. The molecule has 0 saturated heterocycles. The molecule has 3 aromatic rings. The molecule has 0 fully saturated rings. The van der Waals surface area contributed by atoms with Crippen LogP contribution < -0.4 is 10.1 Å². The van der Waals surface area contributed by atoms with E-state index in [1.165, 1.54) is 0 Å². The second kappa shape index (κ2) is 6.10. The van der Waals surface area contributed by atoms with Crippen molar-refractivity contribution in [3.8, 4) is 5.75 Å². The van der Waals surface area contributed by atoms with Crippen molar-refractivity contribution in [1.82, 2.24) is 9.97 Å². The third-order valence-electron chi connectivity index (χ3n) is 3.33. The summed E-state index contributed by atoms with van der Waals surface area (Å²) in [4.78, 5) is 8.89. The summed E-state index contributed by atoms with van der Waals surface area (Å²) in [6.07, 6.45) is 0.913. The lowest BCUT2D eigenvalue weighted by molar-refractivity contribution is 0.419. The van der Waals surface area contributed by atoms with Crippen molar-refractivity contribution >= 4 is 27.9 Å². The van der Waals surface area contributed by atoms with Gasteiger partial charge in [0.2, 0.25) is 0 Å². The van der Waals surface area contributed by atoms with Crippen molar-refractivity contribution in [2.75, 3.05) is 19.0 Å². The highest BCUT2D eigenvalue weighted by molar-refractivity contribution is 7.07. The predicted molar refractivity (Wildman–Crippen MR) is 87.3 cm³/mol. The van der Waals surface area contributed by atoms with E-state index in [0.29, 0.717) is 0 Å². The molecular weight excluding hydrogens is 282 g/mol. The minimum Gasteiger partial charge on any atom is -0.494 e. The number of rotatable bonds is 5. The van der Waals surface area contributed by atoms with E-state index < -0.39 is 0 Å². The van der Waals surface area contributed by atoms with Crippen molar-refractivity contribution in [2.45, 2.75) is 13.3 Å². The third-order valence-corrected chi connectivity index (χ3v) is 3.97. The van der Waals surface area contributed by atoms with E-state index in [-0.39, 0.29) is 0 Å². The van der Waals surface area contributed by atoms with Gasteiger partial charge in [-0.3, -0.25) is 0 Å². The molecule has 0 saturated carbocycles. The number of para-hydroxylation sites is 1. The average Bonchev–Trinajstić information content (AvgIpc) is 3.00. The zero-order valence-electron chi connectivity index (χ0n) is 12.1. The molecule has 1 aromatic carbocycles. The summed E-state index contributed by atoms with van der Waals surface area (Å²) in [7, 11) is 1.67. The molecule has 0 bridgehead atoms. The van der Waals surface area contributed by atoms with Crippen LogP contribution in [0.15, 0.2) is 35.2 Å². The van der Waals surface area contributed by atoms with Crippen LogP contribution in [0.5, 0.6) is 5.75 Å². The zero-order chi connectivity index (χ0) is 14.7. The van der Waals surface area contributed by atoms with E-state index >= 15 is 0 Å². The first-order valence-corrected chi connectivity index (χ1v) is 7.77. The maximum atomic E-state index is 5.40. The number of aromatic nitrogens is 2. The van der Waals surface area contributed by atoms with E-state index in [4.69, 9.17) is 4.74 Å². The number of hydrogen-bond donors (Lipinski definition) is 1. The minimum absolute atomic E-state index is 0.804. The smallest absolute Gasteiger partial charge is 0.145 e.